The van der Waals surface area contributed by atoms with Crippen molar-refractivity contribution in [3.05, 3.63) is 180 Å². The maximum atomic E-state index is 15.3. The molecule has 6 heterocycles. The van der Waals surface area contributed by atoms with E-state index in [1.54, 1.807) is 0 Å². The van der Waals surface area contributed by atoms with Gasteiger partial charge in [0.05, 0.1) is 34.2 Å². The van der Waals surface area contributed by atoms with Crippen LogP contribution < -0.4 is 0 Å². The van der Waals surface area contributed by atoms with Crippen molar-refractivity contribution in [1.29, 1.82) is 0 Å². The molecule has 0 radical (unpaired) electrons. The van der Waals surface area contributed by atoms with Crippen LogP contribution in [0.3, 0.4) is 0 Å². The van der Waals surface area contributed by atoms with E-state index in [9.17, 15) is 35.1 Å². The molecule has 0 saturated heterocycles. The highest BCUT2D eigenvalue weighted by Gasteiger charge is 2.45. The van der Waals surface area contributed by atoms with E-state index in [1.807, 2.05) is 0 Å². The molecule has 6 aromatic heterocycles. The Hall–Kier alpha value is -7.38. The zero-order chi connectivity index (χ0) is 41.7. The molecule has 20 heteroatoms. The summed E-state index contributed by atoms with van der Waals surface area (Å²) in [5, 5.41) is 7.05. The third-order valence-corrected chi connectivity index (χ3v) is 8.88. The van der Waals surface area contributed by atoms with Crippen LogP contribution >= 0.6 is 0 Å². The van der Waals surface area contributed by atoms with Crippen molar-refractivity contribution in [2.24, 2.45) is 0 Å². The number of benzene rings is 2. The Bertz CT molecular complexity index is 2660. The number of nitrogens with zero attached hydrogens (tertiary/aromatic N) is 10. The predicted molar refractivity (Wildman–Crippen MR) is 186 cm³/mol. The third-order valence-electron chi connectivity index (χ3n) is 8.88. The van der Waals surface area contributed by atoms with E-state index in [-0.39, 0.29) is 56.9 Å². The maximum Gasteiger partial charge on any atom is 0.453 e. The van der Waals surface area contributed by atoms with Crippen LogP contribution in [0.15, 0.2) is 122 Å². The van der Waals surface area contributed by atoms with E-state index in [0.717, 1.165) is 46.3 Å². The quantitative estimate of drug-likeness (QED) is 0.140. The molecule has 2 aromatic carbocycles. The molecule has 0 aliphatic carbocycles. The topological polar surface area (TPSA) is 113 Å². The van der Waals surface area contributed by atoms with Crippen molar-refractivity contribution >= 4 is 0 Å². The predicted octanol–water partition coefficient (Wildman–Crippen LogP) is 8.74. The lowest BCUT2D eigenvalue weighted by atomic mass is 9.73. The zero-order valence-electron chi connectivity index (χ0n) is 29.3. The summed E-state index contributed by atoms with van der Waals surface area (Å²) in [4.78, 5) is 25.6. The van der Waals surface area contributed by atoms with Gasteiger partial charge in [-0.2, -0.15) is 26.3 Å². The molecule has 0 amide bonds. The number of rotatable bonds is 8. The van der Waals surface area contributed by atoms with Crippen LogP contribution in [0.1, 0.15) is 34.4 Å². The first kappa shape index (κ1) is 38.5. The lowest BCUT2D eigenvalue weighted by Crippen LogP contribution is -2.36. The fourth-order valence-electron chi connectivity index (χ4n) is 6.29. The van der Waals surface area contributed by atoms with E-state index < -0.39 is 52.7 Å². The molecule has 59 heavy (non-hydrogen) atoms. The average Bonchev–Trinajstić information content (AvgIpc) is 3.91. The second kappa shape index (κ2) is 14.5. The minimum Gasteiger partial charge on any atom is -0.251 e. The van der Waals surface area contributed by atoms with Gasteiger partial charge in [0.1, 0.15) is 41.3 Å². The Labute approximate surface area is 324 Å². The molecule has 10 nitrogen and oxygen atoms in total. The second-order valence-corrected chi connectivity index (χ2v) is 12.6. The molecular weight excluding hydrogens is 798 g/mol. The number of hydrogen-bond donors (Lipinski definition) is 0. The highest BCUT2D eigenvalue weighted by molar-refractivity contribution is 5.64. The van der Waals surface area contributed by atoms with Crippen LogP contribution in [0.25, 0.3) is 34.2 Å². The smallest absolute Gasteiger partial charge is 0.251 e. The summed E-state index contributed by atoms with van der Waals surface area (Å²) < 4.78 is 142. The third kappa shape index (κ3) is 7.23. The molecule has 0 unspecified atom stereocenters. The first-order valence-electron chi connectivity index (χ1n) is 16.9. The van der Waals surface area contributed by atoms with Crippen molar-refractivity contribution < 1.29 is 43.9 Å². The summed E-state index contributed by atoms with van der Waals surface area (Å²) in [6, 6.07) is 22.3. The van der Waals surface area contributed by atoms with Crippen LogP contribution in [0.5, 0.6) is 0 Å². The fraction of sp³-hybridized carbons (Fsp3) is 0.0769. The standard InChI is InChI=1S/C39H20F10N10/c40-21-13-15-23(25(42)17-21)27-5-1-7-29(52-27)37(30-8-2-6-28(53-30)24-16-14-22(41)18-26(24)43,31-9-3-11-33(54-31)58-19-50-35(56-58)38(44,45)46)32-10-4-12-34(55-32)59-20-51-36(57-59)39(47,48)49/h1-20H. The van der Waals surface area contributed by atoms with Gasteiger partial charge in [-0.3, -0.25) is 9.97 Å². The van der Waals surface area contributed by atoms with Crippen molar-refractivity contribution in [2.45, 2.75) is 17.8 Å². The van der Waals surface area contributed by atoms with Crippen molar-refractivity contribution in [2.75, 3.05) is 0 Å². The lowest BCUT2D eigenvalue weighted by molar-refractivity contribution is -0.145. The monoisotopic (exact) mass is 818 g/mol. The Balaban J connectivity index is 1.46. The van der Waals surface area contributed by atoms with E-state index in [0.29, 0.717) is 12.1 Å². The van der Waals surface area contributed by atoms with E-state index in [2.05, 4.69) is 30.1 Å². The highest BCUT2D eigenvalue weighted by Crippen LogP contribution is 2.44. The Morgan fingerprint density at radius 1 is 0.424 bits per heavy atom. The molecule has 0 aliphatic heterocycles. The lowest BCUT2D eigenvalue weighted by Gasteiger charge is -2.33. The number of hydrogen-bond acceptors (Lipinski definition) is 8. The van der Waals surface area contributed by atoms with Crippen LogP contribution in [-0.2, 0) is 17.8 Å². The second-order valence-electron chi connectivity index (χ2n) is 12.6. The van der Waals surface area contributed by atoms with Gasteiger partial charge < -0.3 is 0 Å². The molecule has 296 valence electrons. The Morgan fingerprint density at radius 2 is 0.797 bits per heavy atom. The molecule has 0 aliphatic rings. The number of pyridine rings is 4. The van der Waals surface area contributed by atoms with Gasteiger partial charge in [-0.05, 0) is 72.8 Å². The number of aromatic nitrogens is 10. The molecule has 0 saturated carbocycles. The van der Waals surface area contributed by atoms with Crippen molar-refractivity contribution in [3.8, 4) is 34.2 Å². The molecule has 0 bridgehead atoms. The van der Waals surface area contributed by atoms with Crippen molar-refractivity contribution in [3.63, 3.8) is 0 Å². The van der Waals surface area contributed by atoms with E-state index in [1.165, 1.54) is 72.8 Å². The SMILES string of the molecule is Fc1ccc(-c2cccc(C(c3cccc(-c4ccc(F)cc4F)n3)(c3cccc(-n4cnc(C(F)(F)F)n4)n3)c3cccc(-n4cnc(C(F)(F)F)n4)n3)n2)c(F)c1. The van der Waals surface area contributed by atoms with E-state index >= 15 is 8.78 Å². The summed E-state index contributed by atoms with van der Waals surface area (Å²) >= 11 is 0. The van der Waals surface area contributed by atoms with Gasteiger partial charge in [0.15, 0.2) is 11.6 Å². The van der Waals surface area contributed by atoms with Gasteiger partial charge in [0, 0.05) is 23.3 Å². The molecule has 0 atom stereocenters. The highest BCUT2D eigenvalue weighted by atomic mass is 19.4. The largest absolute Gasteiger partial charge is 0.453 e. The number of halogens is 10. The van der Waals surface area contributed by atoms with Gasteiger partial charge in [-0.25, -0.2) is 46.9 Å². The molecule has 0 fully saturated rings. The van der Waals surface area contributed by atoms with Gasteiger partial charge in [0.25, 0.3) is 11.6 Å². The van der Waals surface area contributed by atoms with Crippen LogP contribution in [-0.4, -0.2) is 49.5 Å². The van der Waals surface area contributed by atoms with Gasteiger partial charge in [-0.1, -0.05) is 24.3 Å². The molecule has 8 rings (SSSR count). The average molecular weight is 819 g/mol. The Morgan fingerprint density at radius 3 is 1.15 bits per heavy atom. The summed E-state index contributed by atoms with van der Waals surface area (Å²) in [7, 11) is 0. The minimum absolute atomic E-state index is 0.0605. The van der Waals surface area contributed by atoms with Gasteiger partial charge in [0.2, 0.25) is 0 Å². The van der Waals surface area contributed by atoms with Crippen LogP contribution in [0.4, 0.5) is 43.9 Å². The Kier molecular flexibility index (Phi) is 9.48. The first-order chi connectivity index (χ1) is 28.1. The molecular formula is C39H20F10N10. The molecule has 8 aromatic rings. The molecule has 0 N–H and O–H groups in total. The summed E-state index contributed by atoms with van der Waals surface area (Å²) in [5.41, 5.74) is -2.88. The van der Waals surface area contributed by atoms with Crippen LogP contribution in [0.2, 0.25) is 0 Å². The first-order valence-corrected chi connectivity index (χ1v) is 16.9. The van der Waals surface area contributed by atoms with Gasteiger partial charge >= 0.3 is 12.4 Å². The van der Waals surface area contributed by atoms with Crippen molar-refractivity contribution in [1.82, 2.24) is 49.5 Å². The summed E-state index contributed by atoms with van der Waals surface area (Å²) in [6.07, 6.45) is -8.32. The van der Waals surface area contributed by atoms with E-state index in [4.69, 9.17) is 9.97 Å². The minimum atomic E-state index is -4.93. The zero-order valence-corrected chi connectivity index (χ0v) is 29.3. The van der Waals surface area contributed by atoms with Gasteiger partial charge in [-0.15, -0.1) is 10.2 Å². The summed E-state index contributed by atoms with van der Waals surface area (Å²) in [6.45, 7) is 0. The fourth-order valence-corrected chi connectivity index (χ4v) is 6.29. The summed E-state index contributed by atoms with van der Waals surface area (Å²) in [5.74, 6) is -7.16. The maximum absolute atomic E-state index is 15.3. The molecule has 0 spiro atoms. The van der Waals surface area contributed by atoms with Crippen LogP contribution in [0, 0.1) is 23.3 Å². The number of alkyl halides is 6. The normalized spacial score (nSPS) is 12.2.